The smallest absolute Gasteiger partial charge is 0.188 e. The molecule has 0 saturated heterocycles. The van der Waals surface area contributed by atoms with Gasteiger partial charge in [-0.3, -0.25) is 4.99 Å². The number of nitrogens with one attached hydrogen (secondary N) is 1. The van der Waals surface area contributed by atoms with E-state index in [2.05, 4.69) is 42.9 Å². The van der Waals surface area contributed by atoms with Gasteiger partial charge in [0.05, 0.1) is 0 Å². The van der Waals surface area contributed by atoms with E-state index in [1.807, 2.05) is 0 Å². The third-order valence-corrected chi connectivity index (χ3v) is 2.48. The summed E-state index contributed by atoms with van der Waals surface area (Å²) in [6.45, 7) is 13.7. The van der Waals surface area contributed by atoms with Gasteiger partial charge in [0.15, 0.2) is 5.96 Å². The second-order valence-corrected chi connectivity index (χ2v) is 4.43. The van der Waals surface area contributed by atoms with Crippen molar-refractivity contribution in [2.24, 2.45) is 16.6 Å². The van der Waals surface area contributed by atoms with Crippen LogP contribution in [0.4, 0.5) is 0 Å². The van der Waals surface area contributed by atoms with Crippen LogP contribution in [-0.4, -0.2) is 43.6 Å². The van der Waals surface area contributed by atoms with Crippen molar-refractivity contribution in [2.75, 3.05) is 32.7 Å². The second-order valence-electron chi connectivity index (χ2n) is 4.43. The SMILES string of the molecule is CCN(CC)CCCNC(N)=NCC(C)C.I. The van der Waals surface area contributed by atoms with Gasteiger partial charge in [0, 0.05) is 13.1 Å². The summed E-state index contributed by atoms with van der Waals surface area (Å²) in [5, 5.41) is 3.14. The fraction of sp³-hybridized carbons (Fsp3) is 0.917. The van der Waals surface area contributed by atoms with E-state index in [1.54, 1.807) is 0 Å². The first kappa shape index (κ1) is 19.3. The summed E-state index contributed by atoms with van der Waals surface area (Å²) in [5.41, 5.74) is 5.73. The number of nitrogens with two attached hydrogens (primary N) is 1. The molecule has 3 N–H and O–H groups in total. The van der Waals surface area contributed by atoms with Gasteiger partial charge in [-0.25, -0.2) is 0 Å². The summed E-state index contributed by atoms with van der Waals surface area (Å²) in [6.07, 6.45) is 1.11. The molecule has 0 fully saturated rings. The van der Waals surface area contributed by atoms with E-state index in [9.17, 15) is 0 Å². The van der Waals surface area contributed by atoms with Crippen molar-refractivity contribution in [2.45, 2.75) is 34.1 Å². The highest BCUT2D eigenvalue weighted by Gasteiger charge is 1.98. The molecule has 0 aliphatic carbocycles. The van der Waals surface area contributed by atoms with Crippen LogP contribution < -0.4 is 11.1 Å². The maximum Gasteiger partial charge on any atom is 0.188 e. The highest BCUT2D eigenvalue weighted by atomic mass is 127. The standard InChI is InChI=1S/C12H28N4.HI/c1-5-16(6-2)9-7-8-14-12(13)15-10-11(3)4;/h11H,5-10H2,1-4H3,(H3,13,14,15);1H. The summed E-state index contributed by atoms with van der Waals surface area (Å²) < 4.78 is 0. The fourth-order valence-corrected chi connectivity index (χ4v) is 1.40. The Morgan fingerprint density at radius 1 is 1.29 bits per heavy atom. The number of nitrogens with zero attached hydrogens (tertiary/aromatic N) is 2. The van der Waals surface area contributed by atoms with E-state index in [1.165, 1.54) is 0 Å². The van der Waals surface area contributed by atoms with Crippen LogP contribution in [0.5, 0.6) is 0 Å². The molecule has 17 heavy (non-hydrogen) atoms. The zero-order chi connectivity index (χ0) is 12.4. The Morgan fingerprint density at radius 2 is 1.88 bits per heavy atom. The van der Waals surface area contributed by atoms with Gasteiger partial charge in [-0.1, -0.05) is 27.7 Å². The van der Waals surface area contributed by atoms with Gasteiger partial charge in [0.2, 0.25) is 0 Å². The summed E-state index contributed by atoms with van der Waals surface area (Å²) in [4.78, 5) is 6.66. The van der Waals surface area contributed by atoms with Crippen molar-refractivity contribution < 1.29 is 0 Å². The molecular weight excluding hydrogens is 327 g/mol. The lowest BCUT2D eigenvalue weighted by molar-refractivity contribution is 0.300. The molecule has 0 aliphatic rings. The topological polar surface area (TPSA) is 53.6 Å². The minimum absolute atomic E-state index is 0. The Balaban J connectivity index is 0. The van der Waals surface area contributed by atoms with Crippen LogP contribution >= 0.6 is 24.0 Å². The van der Waals surface area contributed by atoms with Crippen molar-refractivity contribution in [3.05, 3.63) is 0 Å². The van der Waals surface area contributed by atoms with Crippen molar-refractivity contribution in [1.29, 1.82) is 0 Å². The molecule has 0 aromatic rings. The van der Waals surface area contributed by atoms with E-state index >= 15 is 0 Å². The maximum atomic E-state index is 5.73. The molecule has 0 aromatic heterocycles. The summed E-state index contributed by atoms with van der Waals surface area (Å²) >= 11 is 0. The van der Waals surface area contributed by atoms with Gasteiger partial charge in [-0.05, 0) is 32.0 Å². The van der Waals surface area contributed by atoms with Crippen LogP contribution in [0.2, 0.25) is 0 Å². The molecule has 0 bridgehead atoms. The third-order valence-electron chi connectivity index (χ3n) is 2.48. The quantitative estimate of drug-likeness (QED) is 0.302. The van der Waals surface area contributed by atoms with E-state index in [4.69, 9.17) is 5.73 Å². The van der Waals surface area contributed by atoms with Crippen molar-refractivity contribution in [3.63, 3.8) is 0 Å². The van der Waals surface area contributed by atoms with Crippen LogP contribution in [0.15, 0.2) is 4.99 Å². The molecule has 104 valence electrons. The number of rotatable bonds is 8. The molecule has 0 unspecified atom stereocenters. The van der Waals surface area contributed by atoms with Gasteiger partial charge in [-0.15, -0.1) is 24.0 Å². The van der Waals surface area contributed by atoms with Gasteiger partial charge in [0.25, 0.3) is 0 Å². The first-order valence-electron chi connectivity index (χ1n) is 6.36. The molecule has 0 atom stereocenters. The van der Waals surface area contributed by atoms with Crippen LogP contribution in [-0.2, 0) is 0 Å². The molecule has 0 aliphatic heterocycles. The van der Waals surface area contributed by atoms with E-state index in [-0.39, 0.29) is 24.0 Å². The Labute approximate surface area is 123 Å². The Bertz CT molecular complexity index is 191. The van der Waals surface area contributed by atoms with Crippen molar-refractivity contribution in [1.82, 2.24) is 10.2 Å². The first-order chi connectivity index (χ1) is 7.60. The van der Waals surface area contributed by atoms with Gasteiger partial charge < -0.3 is 16.0 Å². The molecule has 4 nitrogen and oxygen atoms in total. The fourth-order valence-electron chi connectivity index (χ4n) is 1.40. The van der Waals surface area contributed by atoms with Crippen LogP contribution in [0, 0.1) is 5.92 Å². The van der Waals surface area contributed by atoms with Crippen LogP contribution in [0.3, 0.4) is 0 Å². The van der Waals surface area contributed by atoms with Gasteiger partial charge >= 0.3 is 0 Å². The molecule has 0 radical (unpaired) electrons. The highest BCUT2D eigenvalue weighted by molar-refractivity contribution is 14.0. The number of guanidine groups is 1. The minimum atomic E-state index is 0. The van der Waals surface area contributed by atoms with Gasteiger partial charge in [0.1, 0.15) is 0 Å². The predicted octanol–water partition coefficient (Wildman–Crippen LogP) is 1.90. The lowest BCUT2D eigenvalue weighted by Gasteiger charge is -2.17. The summed E-state index contributed by atoms with van der Waals surface area (Å²) in [6, 6.07) is 0. The predicted molar refractivity (Wildman–Crippen MR) is 87.2 cm³/mol. The third kappa shape index (κ3) is 12.2. The monoisotopic (exact) mass is 356 g/mol. The normalized spacial score (nSPS) is 11.8. The van der Waals surface area contributed by atoms with Crippen LogP contribution in [0.1, 0.15) is 34.1 Å². The molecule has 0 rings (SSSR count). The molecular formula is C12H29IN4. The average molecular weight is 356 g/mol. The zero-order valence-corrected chi connectivity index (χ0v) is 14.0. The summed E-state index contributed by atoms with van der Waals surface area (Å²) in [5.74, 6) is 1.14. The zero-order valence-electron chi connectivity index (χ0n) is 11.7. The van der Waals surface area contributed by atoms with E-state index in [0.717, 1.165) is 39.1 Å². The van der Waals surface area contributed by atoms with Crippen molar-refractivity contribution >= 4 is 29.9 Å². The Morgan fingerprint density at radius 3 is 2.35 bits per heavy atom. The average Bonchev–Trinajstić information content (AvgIpc) is 2.26. The number of hydrogen-bond acceptors (Lipinski definition) is 2. The Kier molecular flexibility index (Phi) is 14.1. The number of aliphatic imine (C=N–C) groups is 1. The molecule has 0 amide bonds. The minimum Gasteiger partial charge on any atom is -0.370 e. The first-order valence-corrected chi connectivity index (χ1v) is 6.36. The highest BCUT2D eigenvalue weighted by Crippen LogP contribution is 1.91. The Hall–Kier alpha value is -0.0400. The maximum absolute atomic E-state index is 5.73. The summed E-state index contributed by atoms with van der Waals surface area (Å²) in [7, 11) is 0. The lowest BCUT2D eigenvalue weighted by Crippen LogP contribution is -2.34. The number of hydrogen-bond donors (Lipinski definition) is 2. The molecule has 5 heteroatoms. The van der Waals surface area contributed by atoms with Gasteiger partial charge in [-0.2, -0.15) is 0 Å². The van der Waals surface area contributed by atoms with Crippen molar-refractivity contribution in [3.8, 4) is 0 Å². The lowest BCUT2D eigenvalue weighted by atomic mass is 10.2. The van der Waals surface area contributed by atoms with E-state index in [0.29, 0.717) is 11.9 Å². The largest absolute Gasteiger partial charge is 0.370 e. The number of halogens is 1. The molecule has 0 saturated carbocycles. The second kappa shape index (κ2) is 12.4. The molecule has 0 heterocycles. The molecule has 0 spiro atoms. The molecule has 0 aromatic carbocycles. The van der Waals surface area contributed by atoms with E-state index < -0.39 is 0 Å². The van der Waals surface area contributed by atoms with Crippen LogP contribution in [0.25, 0.3) is 0 Å².